The third kappa shape index (κ3) is 1.85. The van der Waals surface area contributed by atoms with Gasteiger partial charge < -0.3 is 5.32 Å². The molecule has 104 valence electrons. The number of hydrogen-bond donors (Lipinski definition) is 1. The summed E-state index contributed by atoms with van der Waals surface area (Å²) in [7, 11) is 0. The van der Waals surface area contributed by atoms with Crippen molar-refractivity contribution < 1.29 is 4.79 Å². The predicted octanol–water partition coefficient (Wildman–Crippen LogP) is 2.75. The number of pyridine rings is 1. The molecule has 0 aromatic carbocycles. The van der Waals surface area contributed by atoms with Crippen LogP contribution in [0.3, 0.4) is 0 Å². The van der Waals surface area contributed by atoms with Gasteiger partial charge in [-0.1, -0.05) is 6.07 Å². The zero-order chi connectivity index (χ0) is 14.6. The highest BCUT2D eigenvalue weighted by atomic mass is 16.2. The minimum atomic E-state index is -0.515. The van der Waals surface area contributed by atoms with E-state index < -0.39 is 5.54 Å². The lowest BCUT2D eigenvalue weighted by atomic mass is 9.95. The Bertz CT molecular complexity index is 782. The zero-order valence-electron chi connectivity index (χ0n) is 11.8. The summed E-state index contributed by atoms with van der Waals surface area (Å²) in [5.41, 5.74) is 5.12. The van der Waals surface area contributed by atoms with E-state index in [0.717, 1.165) is 23.3 Å². The van der Waals surface area contributed by atoms with Crippen LogP contribution in [0.15, 0.2) is 68.9 Å². The minimum Gasteiger partial charge on any atom is -0.342 e. The molecule has 4 rings (SSSR count). The van der Waals surface area contributed by atoms with Crippen LogP contribution in [0, 0.1) is 0 Å². The first-order valence-corrected chi connectivity index (χ1v) is 6.90. The summed E-state index contributed by atoms with van der Waals surface area (Å²) in [5.74, 6) is -0.198. The largest absolute Gasteiger partial charge is 0.342 e. The molecular formula is C16H14N4O. The molecule has 1 aliphatic heterocycles. The summed E-state index contributed by atoms with van der Waals surface area (Å²) in [4.78, 5) is 16.6. The van der Waals surface area contributed by atoms with Crippen molar-refractivity contribution in [2.75, 3.05) is 0 Å². The molecule has 1 aromatic heterocycles. The SMILES string of the molecule is CC(C)(NC(=O)C1=C2C=C3CC3=C2N=N1)c1cccnc1. The van der Waals surface area contributed by atoms with Crippen molar-refractivity contribution in [1.29, 1.82) is 0 Å². The molecule has 5 heteroatoms. The molecule has 0 saturated heterocycles. The molecule has 2 heterocycles. The molecule has 1 amide bonds. The molecule has 2 aliphatic carbocycles. The topological polar surface area (TPSA) is 66.7 Å². The summed E-state index contributed by atoms with van der Waals surface area (Å²) in [5, 5.41) is 11.2. The highest BCUT2D eigenvalue weighted by Crippen LogP contribution is 2.51. The number of nitrogens with zero attached hydrogens (tertiary/aromatic N) is 3. The van der Waals surface area contributed by atoms with Gasteiger partial charge in [0.1, 0.15) is 0 Å². The van der Waals surface area contributed by atoms with Gasteiger partial charge in [-0.2, -0.15) is 0 Å². The van der Waals surface area contributed by atoms with Gasteiger partial charge in [0.2, 0.25) is 0 Å². The van der Waals surface area contributed by atoms with Gasteiger partial charge in [-0.05, 0) is 42.7 Å². The first kappa shape index (κ1) is 12.2. The fraction of sp³-hybridized carbons (Fsp3) is 0.250. The van der Waals surface area contributed by atoms with E-state index in [-0.39, 0.29) is 5.91 Å². The van der Waals surface area contributed by atoms with Crippen LogP contribution in [0.1, 0.15) is 25.8 Å². The molecule has 0 unspecified atom stereocenters. The average Bonchev–Trinajstić information content (AvgIpc) is 2.94. The second kappa shape index (κ2) is 3.97. The van der Waals surface area contributed by atoms with Crippen molar-refractivity contribution in [3.05, 3.63) is 64.3 Å². The van der Waals surface area contributed by atoms with Crippen molar-refractivity contribution in [3.8, 4) is 0 Å². The Balaban J connectivity index is 1.61. The third-order valence-corrected chi connectivity index (χ3v) is 4.02. The Morgan fingerprint density at radius 2 is 2.19 bits per heavy atom. The maximum atomic E-state index is 12.5. The number of carbonyl (C=O) groups is 1. The quantitative estimate of drug-likeness (QED) is 0.923. The van der Waals surface area contributed by atoms with Crippen LogP contribution in [0.5, 0.6) is 0 Å². The van der Waals surface area contributed by atoms with E-state index in [1.807, 2.05) is 32.1 Å². The third-order valence-electron chi connectivity index (χ3n) is 4.02. The molecule has 0 spiro atoms. The Morgan fingerprint density at radius 1 is 1.33 bits per heavy atom. The molecule has 21 heavy (non-hydrogen) atoms. The van der Waals surface area contributed by atoms with Gasteiger partial charge in [-0.3, -0.25) is 9.78 Å². The van der Waals surface area contributed by atoms with E-state index in [9.17, 15) is 4.79 Å². The van der Waals surface area contributed by atoms with Crippen molar-refractivity contribution in [3.63, 3.8) is 0 Å². The predicted molar refractivity (Wildman–Crippen MR) is 77.0 cm³/mol. The fourth-order valence-electron chi connectivity index (χ4n) is 2.69. The summed E-state index contributed by atoms with van der Waals surface area (Å²) in [6.07, 6.45) is 6.49. The number of azo groups is 1. The number of nitrogens with one attached hydrogen (secondary N) is 1. The van der Waals surface area contributed by atoms with Gasteiger partial charge in [0.05, 0.1) is 11.2 Å². The number of rotatable bonds is 3. The fourth-order valence-corrected chi connectivity index (χ4v) is 2.69. The monoisotopic (exact) mass is 278 g/mol. The maximum Gasteiger partial charge on any atom is 0.273 e. The van der Waals surface area contributed by atoms with Crippen LogP contribution in [0.4, 0.5) is 0 Å². The standard InChI is InChI=1S/C16H14N4O/c1-16(2,10-4-3-5-17-8-10)18-15(21)14-12-7-9-6-11(9)13(12)19-20-14/h3-5,7-8H,6H2,1-2H3,(H,18,21). The van der Waals surface area contributed by atoms with Crippen LogP contribution in [0.25, 0.3) is 0 Å². The summed E-state index contributed by atoms with van der Waals surface area (Å²) < 4.78 is 0. The first-order valence-electron chi connectivity index (χ1n) is 6.90. The molecule has 0 atom stereocenters. The Labute approximate surface area is 122 Å². The lowest BCUT2D eigenvalue weighted by molar-refractivity contribution is -0.119. The number of aromatic nitrogens is 1. The molecule has 1 aromatic rings. The Morgan fingerprint density at radius 3 is 2.95 bits per heavy atom. The Kier molecular flexibility index (Phi) is 2.31. The van der Waals surface area contributed by atoms with Gasteiger partial charge >= 0.3 is 0 Å². The van der Waals surface area contributed by atoms with Gasteiger partial charge in [-0.25, -0.2) is 0 Å². The molecule has 1 fully saturated rings. The second-order valence-electron chi connectivity index (χ2n) is 5.96. The van der Waals surface area contributed by atoms with Gasteiger partial charge in [0, 0.05) is 24.4 Å². The number of hydrogen-bond acceptors (Lipinski definition) is 4. The van der Waals surface area contributed by atoms with Crippen LogP contribution < -0.4 is 5.32 Å². The molecule has 0 radical (unpaired) electrons. The number of fused-ring (bicyclic) bond motifs is 2. The van der Waals surface area contributed by atoms with E-state index in [1.54, 1.807) is 12.4 Å². The molecule has 5 nitrogen and oxygen atoms in total. The van der Waals surface area contributed by atoms with Crippen LogP contribution in [-0.4, -0.2) is 10.9 Å². The van der Waals surface area contributed by atoms with Gasteiger partial charge in [0.25, 0.3) is 5.91 Å². The number of carbonyl (C=O) groups excluding carboxylic acids is 1. The molecule has 1 saturated carbocycles. The Hall–Kier alpha value is -2.56. The van der Waals surface area contributed by atoms with E-state index in [0.29, 0.717) is 5.70 Å². The van der Waals surface area contributed by atoms with Crippen LogP contribution >= 0.6 is 0 Å². The van der Waals surface area contributed by atoms with E-state index in [1.165, 1.54) is 11.1 Å². The van der Waals surface area contributed by atoms with Crippen LogP contribution in [0.2, 0.25) is 0 Å². The smallest absolute Gasteiger partial charge is 0.273 e. The molecule has 0 bridgehead atoms. The van der Waals surface area contributed by atoms with Gasteiger partial charge in [-0.15, -0.1) is 10.2 Å². The highest BCUT2D eigenvalue weighted by Gasteiger charge is 2.39. The van der Waals surface area contributed by atoms with Gasteiger partial charge in [0.15, 0.2) is 5.70 Å². The molecule has 1 N–H and O–H groups in total. The normalized spacial score (nSPS) is 18.7. The average molecular weight is 278 g/mol. The summed E-state index contributed by atoms with van der Waals surface area (Å²) in [6.45, 7) is 3.90. The maximum absolute atomic E-state index is 12.5. The highest BCUT2D eigenvalue weighted by molar-refractivity contribution is 5.97. The number of allylic oxidation sites excluding steroid dienone is 3. The van der Waals surface area contributed by atoms with Crippen molar-refractivity contribution >= 4 is 5.91 Å². The van der Waals surface area contributed by atoms with E-state index >= 15 is 0 Å². The van der Waals surface area contributed by atoms with Crippen molar-refractivity contribution in [1.82, 2.24) is 10.3 Å². The summed E-state index contributed by atoms with van der Waals surface area (Å²) in [6, 6.07) is 3.80. The summed E-state index contributed by atoms with van der Waals surface area (Å²) >= 11 is 0. The second-order valence-corrected chi connectivity index (χ2v) is 5.96. The lowest BCUT2D eigenvalue weighted by Crippen LogP contribution is -2.41. The zero-order valence-corrected chi connectivity index (χ0v) is 11.8. The molecular weight excluding hydrogens is 264 g/mol. The van der Waals surface area contributed by atoms with Crippen LogP contribution in [-0.2, 0) is 10.3 Å². The number of amides is 1. The van der Waals surface area contributed by atoms with E-state index in [4.69, 9.17) is 0 Å². The van der Waals surface area contributed by atoms with Crippen molar-refractivity contribution in [2.24, 2.45) is 10.2 Å². The van der Waals surface area contributed by atoms with Crippen molar-refractivity contribution in [2.45, 2.75) is 25.8 Å². The molecule has 3 aliphatic rings. The minimum absolute atomic E-state index is 0.198. The lowest BCUT2D eigenvalue weighted by Gasteiger charge is -2.26. The first-order chi connectivity index (χ1) is 10.1. The van der Waals surface area contributed by atoms with E-state index in [2.05, 4.69) is 20.5 Å².